The molecule has 0 unspecified atom stereocenters. The highest BCUT2D eigenvalue weighted by Gasteiger charge is 2.15. The van der Waals surface area contributed by atoms with Crippen molar-refractivity contribution in [1.29, 1.82) is 0 Å². The van der Waals surface area contributed by atoms with E-state index in [2.05, 4.69) is 16.4 Å². The summed E-state index contributed by atoms with van der Waals surface area (Å²) in [7, 11) is 0. The molecular weight excluding hydrogens is 392 g/mol. The fourth-order valence-electron chi connectivity index (χ4n) is 3.07. The molecule has 1 aromatic carbocycles. The van der Waals surface area contributed by atoms with Gasteiger partial charge in [-0.2, -0.15) is 11.8 Å². The topological polar surface area (TPSA) is 64.4 Å². The summed E-state index contributed by atoms with van der Waals surface area (Å²) in [5, 5.41) is 6.51. The number of ether oxygens (including phenoxy) is 1. The standard InChI is InChI=1S/C21H22N2O3S2/c1-14-22-19(13-27-14)20-10-16(11-26-20)21(24)23-17-4-2-3-15(9-17)12-28-18-5-7-25-8-6-18/h2-4,9-11,13,18H,5-8,12H2,1H3,(H,23,24). The predicted molar refractivity (Wildman–Crippen MR) is 114 cm³/mol. The first kappa shape index (κ1) is 19.2. The monoisotopic (exact) mass is 414 g/mol. The molecular formula is C21H22N2O3S2. The number of hydrogen-bond donors (Lipinski definition) is 1. The Morgan fingerprint density at radius 1 is 1.32 bits per heavy atom. The molecule has 1 aliphatic heterocycles. The number of nitrogens with zero attached hydrogens (tertiary/aromatic N) is 1. The highest BCUT2D eigenvalue weighted by molar-refractivity contribution is 7.99. The minimum Gasteiger partial charge on any atom is -0.462 e. The number of furan rings is 1. The molecule has 28 heavy (non-hydrogen) atoms. The van der Waals surface area contributed by atoms with Gasteiger partial charge in [0.05, 0.1) is 10.6 Å². The van der Waals surface area contributed by atoms with Gasteiger partial charge in [0.2, 0.25) is 0 Å². The smallest absolute Gasteiger partial charge is 0.258 e. The molecule has 0 radical (unpaired) electrons. The Kier molecular flexibility index (Phi) is 6.14. The number of carbonyl (C=O) groups is 1. The number of amides is 1. The van der Waals surface area contributed by atoms with E-state index in [-0.39, 0.29) is 5.91 Å². The molecule has 0 atom stereocenters. The van der Waals surface area contributed by atoms with Gasteiger partial charge in [-0.25, -0.2) is 4.98 Å². The number of aryl methyl sites for hydroxylation is 1. The molecule has 3 aromatic rings. The molecule has 0 spiro atoms. The summed E-state index contributed by atoms with van der Waals surface area (Å²) in [6, 6.07) is 9.76. The normalized spacial score (nSPS) is 14.9. The van der Waals surface area contributed by atoms with Crippen LogP contribution >= 0.6 is 23.1 Å². The van der Waals surface area contributed by atoms with Crippen LogP contribution in [-0.2, 0) is 10.5 Å². The van der Waals surface area contributed by atoms with Gasteiger partial charge in [-0.1, -0.05) is 12.1 Å². The van der Waals surface area contributed by atoms with Crippen molar-refractivity contribution in [2.45, 2.75) is 30.8 Å². The van der Waals surface area contributed by atoms with Crippen molar-refractivity contribution in [1.82, 2.24) is 4.98 Å². The van der Waals surface area contributed by atoms with Gasteiger partial charge in [0, 0.05) is 35.3 Å². The van der Waals surface area contributed by atoms with Gasteiger partial charge in [-0.05, 0) is 43.5 Å². The zero-order valence-corrected chi connectivity index (χ0v) is 17.3. The van der Waals surface area contributed by atoms with Crippen molar-refractivity contribution in [2.75, 3.05) is 18.5 Å². The molecule has 0 saturated carbocycles. The highest BCUT2D eigenvalue weighted by atomic mass is 32.2. The third-order valence-electron chi connectivity index (χ3n) is 4.57. The number of benzene rings is 1. The van der Waals surface area contributed by atoms with Gasteiger partial charge in [0.15, 0.2) is 5.76 Å². The number of aromatic nitrogens is 1. The Balaban J connectivity index is 1.37. The largest absolute Gasteiger partial charge is 0.462 e. The van der Waals surface area contributed by atoms with Crippen LogP contribution in [-0.4, -0.2) is 29.4 Å². The fourth-order valence-corrected chi connectivity index (χ4v) is 4.80. The van der Waals surface area contributed by atoms with E-state index >= 15 is 0 Å². The molecule has 3 heterocycles. The van der Waals surface area contributed by atoms with Crippen molar-refractivity contribution < 1.29 is 13.9 Å². The van der Waals surface area contributed by atoms with Crippen molar-refractivity contribution in [3.8, 4) is 11.5 Å². The van der Waals surface area contributed by atoms with Crippen LogP contribution in [0.5, 0.6) is 0 Å². The molecule has 4 rings (SSSR count). The molecule has 1 aliphatic rings. The van der Waals surface area contributed by atoms with Crippen LogP contribution in [0.1, 0.15) is 33.8 Å². The van der Waals surface area contributed by atoms with Gasteiger partial charge >= 0.3 is 0 Å². The number of nitrogens with one attached hydrogen (secondary N) is 1. The number of hydrogen-bond acceptors (Lipinski definition) is 6. The average molecular weight is 415 g/mol. The van der Waals surface area contributed by atoms with E-state index in [1.807, 2.05) is 42.3 Å². The summed E-state index contributed by atoms with van der Waals surface area (Å²) >= 11 is 3.52. The second-order valence-corrected chi connectivity index (χ2v) is 9.08. The fraction of sp³-hybridized carbons (Fsp3) is 0.333. The molecule has 1 N–H and O–H groups in total. The van der Waals surface area contributed by atoms with Crippen LogP contribution in [0.2, 0.25) is 0 Å². The number of thiazole rings is 1. The van der Waals surface area contributed by atoms with E-state index in [9.17, 15) is 4.79 Å². The van der Waals surface area contributed by atoms with Crippen molar-refractivity contribution in [3.05, 3.63) is 58.1 Å². The molecule has 146 valence electrons. The molecule has 2 aromatic heterocycles. The van der Waals surface area contributed by atoms with Crippen LogP contribution in [0.3, 0.4) is 0 Å². The van der Waals surface area contributed by atoms with Crippen LogP contribution in [0.4, 0.5) is 5.69 Å². The van der Waals surface area contributed by atoms with Gasteiger partial charge in [0.25, 0.3) is 5.91 Å². The number of thioether (sulfide) groups is 1. The van der Waals surface area contributed by atoms with Crippen LogP contribution in [0.15, 0.2) is 46.4 Å². The average Bonchev–Trinajstić information content (AvgIpc) is 3.37. The SMILES string of the molecule is Cc1nc(-c2cc(C(=O)Nc3cccc(CSC4CCOCC4)c3)co2)cs1. The highest BCUT2D eigenvalue weighted by Crippen LogP contribution is 2.27. The van der Waals surface area contributed by atoms with E-state index < -0.39 is 0 Å². The molecule has 5 nitrogen and oxygen atoms in total. The Labute approximate surface area is 172 Å². The van der Waals surface area contributed by atoms with Gasteiger partial charge in [0.1, 0.15) is 12.0 Å². The summed E-state index contributed by atoms with van der Waals surface area (Å²) in [6.07, 6.45) is 3.70. The number of rotatable bonds is 6. The van der Waals surface area contributed by atoms with Crippen LogP contribution in [0, 0.1) is 6.92 Å². The maximum atomic E-state index is 12.6. The lowest BCUT2D eigenvalue weighted by Gasteiger charge is -2.21. The Bertz CT molecular complexity index is 945. The quantitative estimate of drug-likeness (QED) is 0.587. The van der Waals surface area contributed by atoms with E-state index in [1.165, 1.54) is 11.8 Å². The summed E-state index contributed by atoms with van der Waals surface area (Å²) < 4.78 is 10.9. The summed E-state index contributed by atoms with van der Waals surface area (Å²) in [4.78, 5) is 17.0. The lowest BCUT2D eigenvalue weighted by atomic mass is 10.2. The van der Waals surface area contributed by atoms with Gasteiger partial charge in [-0.3, -0.25) is 4.79 Å². The summed E-state index contributed by atoms with van der Waals surface area (Å²) in [6.45, 7) is 3.67. The van der Waals surface area contributed by atoms with Gasteiger partial charge < -0.3 is 14.5 Å². The van der Waals surface area contributed by atoms with Gasteiger partial charge in [-0.15, -0.1) is 11.3 Å². The first-order chi connectivity index (χ1) is 13.7. The molecule has 0 aliphatic carbocycles. The van der Waals surface area contributed by atoms with Crippen molar-refractivity contribution in [2.24, 2.45) is 0 Å². The molecule has 1 saturated heterocycles. The lowest BCUT2D eigenvalue weighted by molar-refractivity contribution is 0.1000. The first-order valence-electron chi connectivity index (χ1n) is 9.28. The zero-order chi connectivity index (χ0) is 19.3. The minimum absolute atomic E-state index is 0.184. The van der Waals surface area contributed by atoms with Crippen LogP contribution < -0.4 is 5.32 Å². The lowest BCUT2D eigenvalue weighted by Crippen LogP contribution is -2.17. The third kappa shape index (κ3) is 4.84. The maximum Gasteiger partial charge on any atom is 0.258 e. The molecule has 1 amide bonds. The summed E-state index contributed by atoms with van der Waals surface area (Å²) in [5.41, 5.74) is 3.25. The zero-order valence-electron chi connectivity index (χ0n) is 15.6. The van der Waals surface area contributed by atoms with E-state index in [0.717, 1.165) is 48.2 Å². The number of anilines is 1. The summed E-state index contributed by atoms with van der Waals surface area (Å²) in [5.74, 6) is 1.36. The number of carbonyl (C=O) groups excluding carboxylic acids is 1. The Morgan fingerprint density at radius 3 is 2.96 bits per heavy atom. The van der Waals surface area contributed by atoms with E-state index in [1.54, 1.807) is 17.4 Å². The maximum absolute atomic E-state index is 12.6. The first-order valence-corrected chi connectivity index (χ1v) is 11.2. The Hall–Kier alpha value is -2.09. The van der Waals surface area contributed by atoms with Crippen LogP contribution in [0.25, 0.3) is 11.5 Å². The van der Waals surface area contributed by atoms with Crippen molar-refractivity contribution >= 4 is 34.7 Å². The Morgan fingerprint density at radius 2 is 2.18 bits per heavy atom. The third-order valence-corrected chi connectivity index (χ3v) is 6.79. The second kappa shape index (κ2) is 8.94. The molecule has 7 heteroatoms. The predicted octanol–water partition coefficient (Wildman–Crippen LogP) is 5.38. The van der Waals surface area contributed by atoms with E-state index in [0.29, 0.717) is 16.6 Å². The molecule has 0 bridgehead atoms. The van der Waals surface area contributed by atoms with Crippen molar-refractivity contribution in [3.63, 3.8) is 0 Å². The minimum atomic E-state index is -0.184. The molecule has 1 fully saturated rings. The van der Waals surface area contributed by atoms with E-state index in [4.69, 9.17) is 9.15 Å². The second-order valence-electron chi connectivity index (χ2n) is 6.73.